The van der Waals surface area contributed by atoms with Crippen molar-refractivity contribution in [3.8, 4) is 0 Å². The van der Waals surface area contributed by atoms with Crippen LogP contribution in [0.25, 0.3) is 0 Å². The molecule has 1 aliphatic rings. The van der Waals surface area contributed by atoms with Crippen LogP contribution in [-0.4, -0.2) is 11.7 Å². The van der Waals surface area contributed by atoms with Crippen molar-refractivity contribution >= 4 is 8.51 Å². The van der Waals surface area contributed by atoms with Gasteiger partial charge in [-0.2, -0.15) is 0 Å². The number of aliphatic hydroxyl groups excluding tert-OH is 1. The van der Waals surface area contributed by atoms with Crippen molar-refractivity contribution in [1.29, 1.82) is 0 Å². The van der Waals surface area contributed by atoms with Gasteiger partial charge in [0.25, 0.3) is 0 Å². The summed E-state index contributed by atoms with van der Waals surface area (Å²) in [4.78, 5) is 0. The van der Waals surface area contributed by atoms with Crippen LogP contribution in [0.4, 0.5) is 0 Å². The summed E-state index contributed by atoms with van der Waals surface area (Å²) in [5.74, 6) is 0.292. The molecule has 1 rings (SSSR count). The monoisotopic (exact) mass is 221 g/mol. The Kier molecular flexibility index (Phi) is 7.19. The molecule has 0 aliphatic heterocycles. The second kappa shape index (κ2) is 6.73. The topological polar surface area (TPSA) is 20.2 Å². The molecule has 1 N–H and O–H groups in total. The Morgan fingerprint density at radius 1 is 1.33 bits per heavy atom. The Labute approximate surface area is 73.8 Å². The first-order valence-electron chi connectivity index (χ1n) is 2.58. The molecule has 0 unspecified atom stereocenters. The van der Waals surface area contributed by atoms with Crippen LogP contribution in [0.5, 0.6) is 0 Å². The number of allylic oxidation sites excluding steroid dienone is 2. The van der Waals surface area contributed by atoms with Gasteiger partial charge in [-0.15, -0.1) is 0 Å². The van der Waals surface area contributed by atoms with E-state index in [1.54, 1.807) is 0 Å². The maximum absolute atomic E-state index is 8.46. The van der Waals surface area contributed by atoms with Gasteiger partial charge < -0.3 is 5.11 Å². The van der Waals surface area contributed by atoms with Crippen molar-refractivity contribution in [2.75, 3.05) is 6.61 Å². The second-order valence-corrected chi connectivity index (χ2v) is 1.62. The van der Waals surface area contributed by atoms with Crippen LogP contribution >= 0.6 is 8.51 Å². The van der Waals surface area contributed by atoms with E-state index in [1.807, 2.05) is 24.3 Å². The van der Waals surface area contributed by atoms with E-state index in [1.165, 1.54) is 0 Å². The summed E-state index contributed by atoms with van der Waals surface area (Å²) in [5.41, 5.74) is 0. The third-order valence-corrected chi connectivity index (χ3v) is 1.04. The van der Waals surface area contributed by atoms with E-state index in [0.29, 0.717) is 5.92 Å². The molecule has 0 bridgehead atoms. The fourth-order valence-electron chi connectivity index (χ4n) is 0.600. The molecule has 9 heavy (non-hydrogen) atoms. The van der Waals surface area contributed by atoms with Crippen LogP contribution in [0.1, 0.15) is 0 Å². The van der Waals surface area contributed by atoms with E-state index >= 15 is 0 Å². The molecule has 1 aliphatic carbocycles. The van der Waals surface area contributed by atoms with Crippen molar-refractivity contribution in [2.24, 2.45) is 5.92 Å². The third kappa shape index (κ3) is 4.08. The molecular weight excluding hydrogens is 215 g/mol. The predicted molar refractivity (Wildman–Crippen MR) is 34.7 cm³/mol. The summed E-state index contributed by atoms with van der Waals surface area (Å²) in [6.07, 6.45) is 7.84. The first-order valence-corrected chi connectivity index (χ1v) is 5.75. The van der Waals surface area contributed by atoms with Crippen molar-refractivity contribution < 1.29 is 28.6 Å². The van der Waals surface area contributed by atoms with E-state index in [-0.39, 0.29) is 6.61 Å². The van der Waals surface area contributed by atoms with Crippen LogP contribution < -0.4 is 0 Å². The van der Waals surface area contributed by atoms with Gasteiger partial charge in [-0.05, 0) is 0 Å². The first-order chi connectivity index (χ1) is 4.43. The maximum atomic E-state index is 8.46. The summed E-state index contributed by atoms with van der Waals surface area (Å²) < 4.78 is 0. The van der Waals surface area contributed by atoms with E-state index in [4.69, 9.17) is 13.6 Å². The molecule has 49 valence electrons. The third-order valence-electron chi connectivity index (χ3n) is 1.04. The van der Waals surface area contributed by atoms with Crippen LogP contribution in [0.3, 0.4) is 0 Å². The fourth-order valence-corrected chi connectivity index (χ4v) is 0.600. The average Bonchev–Trinajstić information content (AvgIpc) is 2.43. The minimum atomic E-state index is 0.243. The molecule has 0 amide bonds. The van der Waals surface area contributed by atoms with E-state index in [9.17, 15) is 0 Å². The van der Waals surface area contributed by atoms with Crippen molar-refractivity contribution in [1.82, 2.24) is 0 Å². The van der Waals surface area contributed by atoms with Crippen LogP contribution in [-0.2, 0) is 23.5 Å². The molecule has 1 nitrogen and oxygen atoms in total. The molecule has 0 spiro atoms. The van der Waals surface area contributed by atoms with E-state index in [0.717, 1.165) is 23.5 Å². The van der Waals surface area contributed by atoms with Crippen LogP contribution in [0, 0.1) is 5.92 Å². The van der Waals surface area contributed by atoms with Gasteiger partial charge in [-0.1, -0.05) is 24.3 Å². The van der Waals surface area contributed by atoms with Gasteiger partial charge in [0.15, 0.2) is 0 Å². The Morgan fingerprint density at radius 3 is 2.00 bits per heavy atom. The molecule has 0 aromatic rings. The molecule has 0 aromatic carbocycles. The zero-order valence-corrected chi connectivity index (χ0v) is 8.13. The van der Waals surface area contributed by atoms with Gasteiger partial charge >= 0.3 is 32.0 Å². The minimum absolute atomic E-state index is 0.243. The SMILES string of the molecule is OCC1C=CC=C1.[Cl][Zr]. The summed E-state index contributed by atoms with van der Waals surface area (Å²) in [6.45, 7) is 0.243. The Morgan fingerprint density at radius 2 is 1.78 bits per heavy atom. The van der Waals surface area contributed by atoms with Gasteiger partial charge in [0, 0.05) is 5.92 Å². The molecule has 0 aromatic heterocycles. The molecular formula is C6H8ClOZr. The molecule has 0 radical (unpaired) electrons. The zero-order valence-electron chi connectivity index (χ0n) is 4.92. The van der Waals surface area contributed by atoms with E-state index < -0.39 is 0 Å². The van der Waals surface area contributed by atoms with Gasteiger partial charge in [-0.3, -0.25) is 0 Å². The van der Waals surface area contributed by atoms with Gasteiger partial charge in [0.05, 0.1) is 6.61 Å². The van der Waals surface area contributed by atoms with Gasteiger partial charge in [0.2, 0.25) is 0 Å². The summed E-state index contributed by atoms with van der Waals surface area (Å²) >= 11 is 1.02. The number of aliphatic hydroxyl groups is 1. The average molecular weight is 223 g/mol. The van der Waals surface area contributed by atoms with Crippen LogP contribution in [0.2, 0.25) is 0 Å². The van der Waals surface area contributed by atoms with Gasteiger partial charge in [-0.25, -0.2) is 0 Å². The Balaban J connectivity index is 0.000000291. The zero-order chi connectivity index (χ0) is 7.11. The van der Waals surface area contributed by atoms with E-state index in [2.05, 4.69) is 0 Å². The molecule has 0 saturated heterocycles. The summed E-state index contributed by atoms with van der Waals surface area (Å²) in [6, 6.07) is 0. The fraction of sp³-hybridized carbons (Fsp3) is 0.333. The Bertz CT molecular complexity index is 99.6. The summed E-state index contributed by atoms with van der Waals surface area (Å²) in [5, 5.41) is 8.46. The Hall–Kier alpha value is 0.613. The van der Waals surface area contributed by atoms with Crippen molar-refractivity contribution in [3.05, 3.63) is 24.3 Å². The normalized spacial score (nSPS) is 15.2. The predicted octanol–water partition coefficient (Wildman–Crippen LogP) is 1.41. The van der Waals surface area contributed by atoms with Gasteiger partial charge in [0.1, 0.15) is 0 Å². The second-order valence-electron chi connectivity index (χ2n) is 1.62. The van der Waals surface area contributed by atoms with Crippen molar-refractivity contribution in [2.45, 2.75) is 0 Å². The number of hydrogen-bond donors (Lipinski definition) is 1. The first kappa shape index (κ1) is 9.61. The quantitative estimate of drug-likeness (QED) is 0.712. The number of rotatable bonds is 1. The molecule has 0 saturated carbocycles. The molecule has 3 heteroatoms. The number of halogens is 1. The molecule has 0 fully saturated rings. The number of hydrogen-bond acceptors (Lipinski definition) is 1. The van der Waals surface area contributed by atoms with Crippen LogP contribution in [0.15, 0.2) is 24.3 Å². The molecule has 0 atom stereocenters. The molecule has 0 heterocycles. The standard InChI is InChI=1S/C6H8O.ClH.Zr/c7-5-6-3-1-2-4-6;;/h1-4,6-7H,5H2;1H;/q;;+1/p-1. The van der Waals surface area contributed by atoms with Crippen molar-refractivity contribution in [3.63, 3.8) is 0 Å². The summed E-state index contributed by atoms with van der Waals surface area (Å²) in [7, 11) is 4.73.